The van der Waals surface area contributed by atoms with Gasteiger partial charge in [0.05, 0.1) is 14.7 Å². The van der Waals surface area contributed by atoms with E-state index >= 15 is 0 Å². The Balaban J connectivity index is 2.13. The van der Waals surface area contributed by atoms with E-state index in [0.717, 1.165) is 5.56 Å². The number of hydrazine groups is 1. The summed E-state index contributed by atoms with van der Waals surface area (Å²) in [6, 6.07) is 19.2. The van der Waals surface area contributed by atoms with Crippen LogP contribution < -0.4 is 4.83 Å². The molecule has 33 heavy (non-hydrogen) atoms. The molecule has 0 heterocycles. The minimum atomic E-state index is -4.82. The van der Waals surface area contributed by atoms with Gasteiger partial charge in [0.2, 0.25) is 0 Å². The van der Waals surface area contributed by atoms with Gasteiger partial charge in [0, 0.05) is 0 Å². The highest BCUT2D eigenvalue weighted by Crippen LogP contribution is 2.26. The highest BCUT2D eigenvalue weighted by Gasteiger charge is 2.40. The van der Waals surface area contributed by atoms with Gasteiger partial charge < -0.3 is 0 Å². The van der Waals surface area contributed by atoms with E-state index in [0.29, 0.717) is 0 Å². The Kier molecular flexibility index (Phi) is 6.83. The summed E-state index contributed by atoms with van der Waals surface area (Å²) in [5.41, 5.74) is 0.613. The van der Waals surface area contributed by atoms with Crippen LogP contribution in [0.5, 0.6) is 0 Å². The molecule has 1 N–H and O–H groups in total. The molecule has 0 radical (unpaired) electrons. The third-order valence-corrected chi connectivity index (χ3v) is 10.3. The van der Waals surface area contributed by atoms with Crippen molar-refractivity contribution in [3.05, 3.63) is 90.5 Å². The van der Waals surface area contributed by atoms with Crippen LogP contribution in [0.1, 0.15) is 26.3 Å². The van der Waals surface area contributed by atoms with Crippen molar-refractivity contribution >= 4 is 30.1 Å². The van der Waals surface area contributed by atoms with E-state index in [4.69, 9.17) is 0 Å². The summed E-state index contributed by atoms with van der Waals surface area (Å²) in [6.07, 6.45) is 0. The van der Waals surface area contributed by atoms with Crippen molar-refractivity contribution in [1.82, 2.24) is 8.65 Å². The molecule has 0 aliphatic heterocycles. The minimum Gasteiger partial charge on any atom is -0.206 e. The van der Waals surface area contributed by atoms with Gasteiger partial charge in [-0.2, -0.15) is 0 Å². The summed E-state index contributed by atoms with van der Waals surface area (Å²) in [6.45, 7) is 5.86. The number of nitrogens with zero attached hydrogens (tertiary/aromatic N) is 1. The molecule has 0 saturated heterocycles. The third kappa shape index (κ3) is 5.33. The largest absolute Gasteiger partial charge is 0.270 e. The minimum absolute atomic E-state index is 0.197. The molecule has 0 saturated carbocycles. The van der Waals surface area contributed by atoms with Crippen LogP contribution in [0.3, 0.4) is 0 Å². The van der Waals surface area contributed by atoms with Crippen LogP contribution in [0.25, 0.3) is 0 Å². The highest BCUT2D eigenvalue weighted by atomic mass is 32.3. The Hall–Kier alpha value is -2.57. The molecule has 0 aliphatic rings. The lowest BCUT2D eigenvalue weighted by atomic mass is 9.87. The lowest BCUT2D eigenvalue weighted by molar-refractivity contribution is 0.468. The summed E-state index contributed by atoms with van der Waals surface area (Å²) >= 11 is 0. The smallest absolute Gasteiger partial charge is 0.206 e. The van der Waals surface area contributed by atoms with Crippen molar-refractivity contribution < 1.29 is 25.3 Å². The van der Waals surface area contributed by atoms with Gasteiger partial charge in [-0.3, -0.25) is 0 Å². The Morgan fingerprint density at radius 2 is 0.970 bits per heavy atom. The van der Waals surface area contributed by atoms with Crippen molar-refractivity contribution in [3.63, 3.8) is 0 Å². The molecule has 0 aliphatic carbocycles. The topological polar surface area (TPSA) is 118 Å². The van der Waals surface area contributed by atoms with Gasteiger partial charge in [-0.25, -0.2) is 25.3 Å². The Labute approximate surface area is 195 Å². The van der Waals surface area contributed by atoms with E-state index in [1.165, 1.54) is 60.7 Å². The summed E-state index contributed by atoms with van der Waals surface area (Å²) in [4.78, 5) is 0.703. The lowest BCUT2D eigenvalue weighted by Crippen LogP contribution is -2.49. The first-order valence-electron chi connectivity index (χ1n) is 9.80. The van der Waals surface area contributed by atoms with E-state index in [1.54, 1.807) is 29.1 Å². The standard InChI is InChI=1S/C22H24N2O6S3/c1-22(2,3)18-14-16-19(17-15-18)31(25,26)23-24(32(27,28)20-10-6-4-7-11-20)33(29,30)21-12-8-5-9-13-21/h4-17,23H,1-3H3. The number of hydrogen-bond acceptors (Lipinski definition) is 6. The molecular weight excluding hydrogens is 484 g/mol. The second kappa shape index (κ2) is 8.99. The number of sulfonamides is 3. The van der Waals surface area contributed by atoms with Crippen LogP contribution in [0, 0.1) is 0 Å². The average Bonchev–Trinajstić information content (AvgIpc) is 2.78. The molecular formula is C22H24N2O6S3. The maximum Gasteiger partial charge on any atom is 0.270 e. The van der Waals surface area contributed by atoms with Crippen LogP contribution in [0.2, 0.25) is 0 Å². The first-order valence-corrected chi connectivity index (χ1v) is 14.2. The molecule has 0 atom stereocenters. The molecule has 176 valence electrons. The van der Waals surface area contributed by atoms with Gasteiger partial charge in [-0.15, -0.1) is 4.83 Å². The fourth-order valence-corrected chi connectivity index (χ4v) is 7.99. The zero-order valence-electron chi connectivity index (χ0n) is 18.2. The van der Waals surface area contributed by atoms with Crippen molar-refractivity contribution in [2.45, 2.75) is 40.9 Å². The zero-order chi connectivity index (χ0) is 24.5. The van der Waals surface area contributed by atoms with Crippen LogP contribution in [-0.4, -0.2) is 29.1 Å². The maximum atomic E-state index is 13.3. The Morgan fingerprint density at radius 1 is 0.576 bits per heavy atom. The zero-order valence-corrected chi connectivity index (χ0v) is 20.7. The van der Waals surface area contributed by atoms with Gasteiger partial charge in [0.1, 0.15) is 0 Å². The number of nitrogens with one attached hydrogen (secondary N) is 1. The van der Waals surface area contributed by atoms with Gasteiger partial charge >= 0.3 is 0 Å². The average molecular weight is 509 g/mol. The van der Waals surface area contributed by atoms with Crippen molar-refractivity contribution in [3.8, 4) is 0 Å². The first kappa shape index (κ1) is 25.1. The predicted octanol–water partition coefficient (Wildman–Crippen LogP) is 3.26. The molecule has 0 spiro atoms. The van der Waals surface area contributed by atoms with E-state index in [2.05, 4.69) is 0 Å². The molecule has 8 nitrogen and oxygen atoms in total. The Bertz CT molecular complexity index is 1360. The summed E-state index contributed by atoms with van der Waals surface area (Å²) in [5.74, 6) is 0. The third-order valence-electron chi connectivity index (χ3n) is 4.74. The van der Waals surface area contributed by atoms with Crippen molar-refractivity contribution in [2.75, 3.05) is 0 Å². The Morgan fingerprint density at radius 3 is 1.33 bits per heavy atom. The summed E-state index contributed by atoms with van der Waals surface area (Å²) in [5, 5.41) is 0. The van der Waals surface area contributed by atoms with E-state index in [-0.39, 0.29) is 14.1 Å². The molecule has 0 bridgehead atoms. The van der Waals surface area contributed by atoms with Gasteiger partial charge in [-0.1, -0.05) is 69.3 Å². The quantitative estimate of drug-likeness (QED) is 0.490. The van der Waals surface area contributed by atoms with Crippen LogP contribution in [0.15, 0.2) is 99.6 Å². The molecule has 0 aromatic heterocycles. The van der Waals surface area contributed by atoms with Gasteiger partial charge in [0.25, 0.3) is 30.1 Å². The van der Waals surface area contributed by atoms with Gasteiger partial charge in [0.15, 0.2) is 0 Å². The maximum absolute atomic E-state index is 13.3. The van der Waals surface area contributed by atoms with E-state index in [1.807, 2.05) is 20.8 Å². The fraction of sp³-hybridized carbons (Fsp3) is 0.182. The first-order chi connectivity index (χ1) is 15.3. The molecule has 0 unspecified atom stereocenters. The van der Waals surface area contributed by atoms with E-state index < -0.39 is 39.9 Å². The van der Waals surface area contributed by atoms with E-state index in [9.17, 15) is 25.3 Å². The normalized spacial score (nSPS) is 13.2. The number of rotatable bonds is 7. The van der Waals surface area contributed by atoms with Crippen LogP contribution >= 0.6 is 0 Å². The SMILES string of the molecule is CC(C)(C)c1ccc(S(=O)(=O)NN(S(=O)(=O)c2ccccc2)S(=O)(=O)c2ccccc2)cc1. The second-order valence-electron chi connectivity index (χ2n) is 8.20. The van der Waals surface area contributed by atoms with Crippen LogP contribution in [0.4, 0.5) is 0 Å². The van der Waals surface area contributed by atoms with Gasteiger partial charge in [-0.05, 0) is 51.2 Å². The molecule has 0 fully saturated rings. The van der Waals surface area contributed by atoms with Crippen LogP contribution in [-0.2, 0) is 35.5 Å². The summed E-state index contributed by atoms with van der Waals surface area (Å²) in [7, 11) is -14.2. The fourth-order valence-electron chi connectivity index (χ4n) is 2.89. The van der Waals surface area contributed by atoms with Crippen molar-refractivity contribution in [1.29, 1.82) is 0 Å². The second-order valence-corrected chi connectivity index (χ2v) is 13.7. The molecule has 3 rings (SSSR count). The predicted molar refractivity (Wildman–Crippen MR) is 125 cm³/mol. The lowest BCUT2D eigenvalue weighted by Gasteiger charge is -2.23. The van der Waals surface area contributed by atoms with Crippen molar-refractivity contribution in [2.24, 2.45) is 0 Å². The molecule has 3 aromatic rings. The molecule has 0 amide bonds. The monoisotopic (exact) mass is 508 g/mol. The number of hydrogen-bond donors (Lipinski definition) is 1. The highest BCUT2D eigenvalue weighted by molar-refractivity contribution is 8.05. The number of benzene rings is 3. The molecule has 11 heteroatoms. The summed E-state index contributed by atoms with van der Waals surface area (Å²) < 4.78 is 79.0. The molecule has 3 aromatic carbocycles.